The molecule has 0 bridgehead atoms. The molecular formula is C17H24N2O3. The summed E-state index contributed by atoms with van der Waals surface area (Å²) in [4.78, 5) is 23.1. The molecule has 0 fully saturated rings. The third-order valence-electron chi connectivity index (χ3n) is 3.36. The molecule has 0 aliphatic carbocycles. The van der Waals surface area contributed by atoms with Gasteiger partial charge in [0.25, 0.3) is 5.91 Å². The van der Waals surface area contributed by atoms with Gasteiger partial charge in [0.05, 0.1) is 0 Å². The third kappa shape index (κ3) is 6.10. The summed E-state index contributed by atoms with van der Waals surface area (Å²) in [5.41, 5.74) is 3.07. The Morgan fingerprint density at radius 3 is 2.23 bits per heavy atom. The molecule has 120 valence electrons. The topological polar surface area (TPSA) is 78.4 Å². The molecule has 3 N–H and O–H groups in total. The molecule has 0 unspecified atom stereocenters. The van der Waals surface area contributed by atoms with Crippen LogP contribution in [0.4, 0.5) is 5.69 Å². The van der Waals surface area contributed by atoms with E-state index in [0.29, 0.717) is 0 Å². The van der Waals surface area contributed by atoms with E-state index in [1.54, 1.807) is 30.3 Å². The summed E-state index contributed by atoms with van der Waals surface area (Å²) in [6, 6.07) is 7.18. The highest BCUT2D eigenvalue weighted by Crippen LogP contribution is 2.17. The highest BCUT2D eigenvalue weighted by atomic mass is 16.5. The molecule has 1 rings (SSSR count). The summed E-state index contributed by atoms with van der Waals surface area (Å²) < 4.78 is 0. The smallest absolute Gasteiger partial charge is 0.267 e. The highest BCUT2D eigenvalue weighted by molar-refractivity contribution is 5.93. The SMILES string of the molecule is CCCC(CCC)C(=O)Nc1ccc(C=CC(=O)NO)cc1. The first-order chi connectivity index (χ1) is 10.6. The molecule has 0 saturated carbocycles. The van der Waals surface area contributed by atoms with Crippen molar-refractivity contribution >= 4 is 23.6 Å². The lowest BCUT2D eigenvalue weighted by Crippen LogP contribution is -2.22. The van der Waals surface area contributed by atoms with Gasteiger partial charge in [-0.15, -0.1) is 0 Å². The minimum Gasteiger partial charge on any atom is -0.326 e. The Kier molecular flexibility index (Phi) is 7.92. The zero-order valence-corrected chi connectivity index (χ0v) is 13.1. The molecule has 0 aromatic heterocycles. The molecule has 5 heteroatoms. The van der Waals surface area contributed by atoms with Crippen molar-refractivity contribution in [3.63, 3.8) is 0 Å². The number of hydrogen-bond donors (Lipinski definition) is 3. The van der Waals surface area contributed by atoms with Crippen LogP contribution >= 0.6 is 0 Å². The molecule has 5 nitrogen and oxygen atoms in total. The van der Waals surface area contributed by atoms with Gasteiger partial charge in [-0.1, -0.05) is 38.8 Å². The number of carbonyl (C=O) groups excluding carboxylic acids is 2. The summed E-state index contributed by atoms with van der Waals surface area (Å²) in [5.74, 6) is -0.464. The van der Waals surface area contributed by atoms with Gasteiger partial charge >= 0.3 is 0 Å². The Morgan fingerprint density at radius 2 is 1.73 bits per heavy atom. The summed E-state index contributed by atoms with van der Waals surface area (Å²) in [7, 11) is 0. The monoisotopic (exact) mass is 304 g/mol. The molecule has 1 aromatic rings. The predicted octanol–water partition coefficient (Wildman–Crippen LogP) is 3.36. The van der Waals surface area contributed by atoms with Gasteiger partial charge in [-0.2, -0.15) is 0 Å². The molecule has 0 radical (unpaired) electrons. The maximum Gasteiger partial charge on any atom is 0.267 e. The van der Waals surface area contributed by atoms with E-state index in [-0.39, 0.29) is 11.8 Å². The van der Waals surface area contributed by atoms with Crippen molar-refractivity contribution in [1.82, 2.24) is 5.48 Å². The number of hydrogen-bond acceptors (Lipinski definition) is 3. The number of amides is 2. The molecule has 0 heterocycles. The number of carbonyl (C=O) groups is 2. The normalized spacial score (nSPS) is 10.9. The molecule has 0 saturated heterocycles. The summed E-state index contributed by atoms with van der Waals surface area (Å²) in [5, 5.41) is 11.3. The van der Waals surface area contributed by atoms with Gasteiger partial charge in [0.15, 0.2) is 0 Å². The second kappa shape index (κ2) is 9.73. The van der Waals surface area contributed by atoms with Crippen molar-refractivity contribution in [2.24, 2.45) is 5.92 Å². The number of nitrogens with one attached hydrogen (secondary N) is 2. The van der Waals surface area contributed by atoms with E-state index in [1.807, 2.05) is 0 Å². The van der Waals surface area contributed by atoms with E-state index in [9.17, 15) is 9.59 Å². The first-order valence-corrected chi connectivity index (χ1v) is 7.63. The highest BCUT2D eigenvalue weighted by Gasteiger charge is 2.16. The Bertz CT molecular complexity index is 503. The molecule has 0 aliphatic heterocycles. The molecule has 1 aromatic carbocycles. The Morgan fingerprint density at radius 1 is 1.14 bits per heavy atom. The van der Waals surface area contributed by atoms with E-state index >= 15 is 0 Å². The van der Waals surface area contributed by atoms with E-state index in [2.05, 4.69) is 19.2 Å². The Labute approximate surface area is 131 Å². The van der Waals surface area contributed by atoms with Crippen LogP contribution in [0.25, 0.3) is 6.08 Å². The van der Waals surface area contributed by atoms with Crippen LogP contribution in [-0.4, -0.2) is 17.0 Å². The fourth-order valence-electron chi connectivity index (χ4n) is 2.23. The van der Waals surface area contributed by atoms with Crippen LogP contribution in [0, 0.1) is 5.92 Å². The molecule has 0 spiro atoms. The summed E-state index contributed by atoms with van der Waals surface area (Å²) in [6.07, 6.45) is 6.59. The maximum atomic E-state index is 12.2. The van der Waals surface area contributed by atoms with E-state index in [1.165, 1.54) is 11.6 Å². The van der Waals surface area contributed by atoms with Crippen LogP contribution in [0.2, 0.25) is 0 Å². The lowest BCUT2D eigenvalue weighted by molar-refractivity contribution is -0.124. The van der Waals surface area contributed by atoms with Gasteiger partial charge in [0.1, 0.15) is 0 Å². The van der Waals surface area contributed by atoms with Gasteiger partial charge < -0.3 is 5.32 Å². The van der Waals surface area contributed by atoms with Crippen molar-refractivity contribution in [2.75, 3.05) is 5.32 Å². The van der Waals surface area contributed by atoms with Crippen LogP contribution in [0.3, 0.4) is 0 Å². The van der Waals surface area contributed by atoms with Crippen molar-refractivity contribution in [3.8, 4) is 0 Å². The molecule has 0 aliphatic rings. The summed E-state index contributed by atoms with van der Waals surface area (Å²) >= 11 is 0. The first-order valence-electron chi connectivity index (χ1n) is 7.63. The minimum atomic E-state index is -0.584. The largest absolute Gasteiger partial charge is 0.326 e. The van der Waals surface area contributed by atoms with Crippen LogP contribution in [-0.2, 0) is 9.59 Å². The molecule has 0 atom stereocenters. The number of hydroxylamine groups is 1. The maximum absolute atomic E-state index is 12.2. The van der Waals surface area contributed by atoms with Crippen molar-refractivity contribution in [1.29, 1.82) is 0 Å². The van der Waals surface area contributed by atoms with Crippen molar-refractivity contribution in [2.45, 2.75) is 39.5 Å². The van der Waals surface area contributed by atoms with E-state index in [4.69, 9.17) is 5.21 Å². The number of rotatable bonds is 8. The van der Waals surface area contributed by atoms with Gasteiger partial charge in [0.2, 0.25) is 5.91 Å². The number of benzene rings is 1. The third-order valence-corrected chi connectivity index (χ3v) is 3.36. The fourth-order valence-corrected chi connectivity index (χ4v) is 2.23. The minimum absolute atomic E-state index is 0.0582. The van der Waals surface area contributed by atoms with Crippen LogP contribution in [0.15, 0.2) is 30.3 Å². The van der Waals surface area contributed by atoms with Gasteiger partial charge in [-0.3, -0.25) is 14.8 Å². The van der Waals surface area contributed by atoms with Gasteiger partial charge in [0, 0.05) is 17.7 Å². The van der Waals surface area contributed by atoms with Crippen LogP contribution < -0.4 is 10.8 Å². The van der Waals surface area contributed by atoms with Crippen molar-refractivity contribution in [3.05, 3.63) is 35.9 Å². The van der Waals surface area contributed by atoms with Gasteiger partial charge in [-0.05, 0) is 36.6 Å². The van der Waals surface area contributed by atoms with Crippen LogP contribution in [0.5, 0.6) is 0 Å². The average Bonchev–Trinajstić information content (AvgIpc) is 2.53. The first kappa shape index (κ1) is 17.9. The summed E-state index contributed by atoms with van der Waals surface area (Å²) in [6.45, 7) is 4.17. The zero-order chi connectivity index (χ0) is 16.4. The second-order valence-electron chi connectivity index (χ2n) is 5.19. The fraction of sp³-hybridized carbons (Fsp3) is 0.412. The van der Waals surface area contributed by atoms with E-state index < -0.39 is 5.91 Å². The van der Waals surface area contributed by atoms with Gasteiger partial charge in [-0.25, -0.2) is 5.48 Å². The molecular weight excluding hydrogens is 280 g/mol. The van der Waals surface area contributed by atoms with E-state index in [0.717, 1.165) is 36.9 Å². The van der Waals surface area contributed by atoms with Crippen LogP contribution in [0.1, 0.15) is 45.1 Å². The second-order valence-corrected chi connectivity index (χ2v) is 5.19. The lowest BCUT2D eigenvalue weighted by Gasteiger charge is -2.15. The Balaban J connectivity index is 2.64. The molecule has 2 amide bonds. The zero-order valence-electron chi connectivity index (χ0n) is 13.1. The quantitative estimate of drug-likeness (QED) is 0.391. The molecule has 22 heavy (non-hydrogen) atoms. The lowest BCUT2D eigenvalue weighted by atomic mass is 9.97. The standard InChI is InChI=1S/C17H24N2O3/c1-3-5-14(6-4-2)17(21)18-15-10-7-13(8-11-15)9-12-16(20)19-22/h7-12,14,22H,3-6H2,1-2H3,(H,18,21)(H,19,20). The number of anilines is 1. The predicted molar refractivity (Wildman–Crippen MR) is 87.3 cm³/mol. The van der Waals surface area contributed by atoms with Crippen molar-refractivity contribution < 1.29 is 14.8 Å². The Hall–Kier alpha value is -2.14. The average molecular weight is 304 g/mol.